The zero-order chi connectivity index (χ0) is 19.9. The van der Waals surface area contributed by atoms with Crippen LogP contribution in [0.4, 0.5) is 0 Å². The Balaban J connectivity index is 1.73. The minimum Gasteiger partial charge on any atom is -0.497 e. The molecular weight excluding hydrogens is 342 g/mol. The van der Waals surface area contributed by atoms with E-state index in [0.29, 0.717) is 24.7 Å². The number of hydrogen-bond donors (Lipinski definition) is 1. The molecule has 2 aromatic carbocycles. The first kappa shape index (κ1) is 20.6. The molecule has 1 amide bonds. The quantitative estimate of drug-likeness (QED) is 0.714. The minimum atomic E-state index is -0.608. The number of methoxy groups -OCH3 is 1. The van der Waals surface area contributed by atoms with Gasteiger partial charge in [0.05, 0.1) is 13.7 Å². The number of ether oxygens (including phenoxy) is 3. The van der Waals surface area contributed by atoms with Crippen molar-refractivity contribution in [3.05, 3.63) is 54.1 Å². The number of nitrogens with one attached hydrogen (secondary N) is 1. The van der Waals surface area contributed by atoms with Crippen molar-refractivity contribution in [2.45, 2.75) is 39.2 Å². The lowest BCUT2D eigenvalue weighted by atomic mass is 9.87. The summed E-state index contributed by atoms with van der Waals surface area (Å²) in [5, 5.41) is 2.82. The summed E-state index contributed by atoms with van der Waals surface area (Å²) >= 11 is 0. The van der Waals surface area contributed by atoms with Gasteiger partial charge in [-0.3, -0.25) is 4.79 Å². The van der Waals surface area contributed by atoms with E-state index in [-0.39, 0.29) is 11.3 Å². The van der Waals surface area contributed by atoms with Crippen LogP contribution in [0.5, 0.6) is 17.2 Å². The first-order valence-electron chi connectivity index (χ1n) is 9.11. The van der Waals surface area contributed by atoms with Crippen molar-refractivity contribution in [3.8, 4) is 17.2 Å². The zero-order valence-corrected chi connectivity index (χ0v) is 16.7. The van der Waals surface area contributed by atoms with Gasteiger partial charge in [0.2, 0.25) is 0 Å². The molecule has 0 fully saturated rings. The molecule has 0 aliphatic rings. The zero-order valence-electron chi connectivity index (χ0n) is 16.7. The monoisotopic (exact) mass is 371 g/mol. The molecule has 1 atom stereocenters. The molecule has 0 saturated carbocycles. The molecule has 27 heavy (non-hydrogen) atoms. The largest absolute Gasteiger partial charge is 0.497 e. The summed E-state index contributed by atoms with van der Waals surface area (Å²) < 4.78 is 16.5. The van der Waals surface area contributed by atoms with Crippen LogP contribution in [0.3, 0.4) is 0 Å². The molecule has 5 heteroatoms. The Hall–Kier alpha value is -2.69. The van der Waals surface area contributed by atoms with Gasteiger partial charge in [-0.05, 0) is 42.2 Å². The summed E-state index contributed by atoms with van der Waals surface area (Å²) in [6, 6.07) is 15.2. The second kappa shape index (κ2) is 9.31. The standard InChI is InChI=1S/C22H29NO4/c1-16(27-20-8-6-7-19(15-20)25-5)21(24)23-13-14-26-18-11-9-17(10-12-18)22(2,3)4/h6-12,15-16H,13-14H2,1-5H3,(H,23,24)/t16-/m1/s1. The van der Waals surface area contributed by atoms with Crippen LogP contribution in [0.2, 0.25) is 0 Å². The maximum atomic E-state index is 12.1. The fourth-order valence-corrected chi connectivity index (χ4v) is 2.47. The van der Waals surface area contributed by atoms with Crippen molar-refractivity contribution in [1.29, 1.82) is 0 Å². The molecule has 0 spiro atoms. The molecule has 0 unspecified atom stereocenters. The van der Waals surface area contributed by atoms with E-state index in [1.54, 1.807) is 26.2 Å². The van der Waals surface area contributed by atoms with Crippen LogP contribution in [0, 0.1) is 0 Å². The molecule has 0 heterocycles. The molecule has 0 bridgehead atoms. The maximum absolute atomic E-state index is 12.1. The van der Waals surface area contributed by atoms with Crippen molar-refractivity contribution >= 4 is 5.91 Å². The molecule has 2 rings (SSSR count). The second-order valence-corrected chi connectivity index (χ2v) is 7.35. The van der Waals surface area contributed by atoms with Crippen LogP contribution in [-0.2, 0) is 10.2 Å². The van der Waals surface area contributed by atoms with Crippen molar-refractivity contribution < 1.29 is 19.0 Å². The summed E-state index contributed by atoms with van der Waals surface area (Å²) in [7, 11) is 1.59. The van der Waals surface area contributed by atoms with E-state index in [1.807, 2.05) is 24.3 Å². The van der Waals surface area contributed by atoms with E-state index in [1.165, 1.54) is 5.56 Å². The predicted octanol–water partition coefficient (Wildman–Crippen LogP) is 3.96. The Kier molecular flexibility index (Phi) is 7.11. The van der Waals surface area contributed by atoms with Gasteiger partial charge in [-0.2, -0.15) is 0 Å². The van der Waals surface area contributed by atoms with Gasteiger partial charge in [0.25, 0.3) is 5.91 Å². The van der Waals surface area contributed by atoms with Crippen molar-refractivity contribution in [3.63, 3.8) is 0 Å². The first-order valence-corrected chi connectivity index (χ1v) is 9.11. The highest BCUT2D eigenvalue weighted by atomic mass is 16.5. The van der Waals surface area contributed by atoms with Crippen LogP contribution in [0.15, 0.2) is 48.5 Å². The molecule has 5 nitrogen and oxygen atoms in total. The van der Waals surface area contributed by atoms with Crippen LogP contribution in [0.25, 0.3) is 0 Å². The lowest BCUT2D eigenvalue weighted by Crippen LogP contribution is -2.38. The molecule has 2 aromatic rings. The Morgan fingerprint density at radius 2 is 1.70 bits per heavy atom. The lowest BCUT2D eigenvalue weighted by Gasteiger charge is -2.19. The fourth-order valence-electron chi connectivity index (χ4n) is 2.47. The molecule has 0 aliphatic heterocycles. The Morgan fingerprint density at radius 1 is 1.04 bits per heavy atom. The topological polar surface area (TPSA) is 56.8 Å². The average Bonchev–Trinajstić information content (AvgIpc) is 2.64. The summed E-state index contributed by atoms with van der Waals surface area (Å²) in [5.74, 6) is 1.88. The first-order chi connectivity index (χ1) is 12.8. The van der Waals surface area contributed by atoms with E-state index in [0.717, 1.165) is 5.75 Å². The van der Waals surface area contributed by atoms with Crippen LogP contribution >= 0.6 is 0 Å². The highest BCUT2D eigenvalue weighted by Gasteiger charge is 2.15. The molecule has 0 saturated heterocycles. The summed E-state index contributed by atoms with van der Waals surface area (Å²) in [5.41, 5.74) is 1.37. The van der Waals surface area contributed by atoms with Gasteiger partial charge < -0.3 is 19.5 Å². The van der Waals surface area contributed by atoms with Gasteiger partial charge in [0.15, 0.2) is 6.10 Å². The van der Waals surface area contributed by atoms with Crippen molar-refractivity contribution in [1.82, 2.24) is 5.32 Å². The number of hydrogen-bond acceptors (Lipinski definition) is 4. The normalized spacial score (nSPS) is 12.2. The highest BCUT2D eigenvalue weighted by Crippen LogP contribution is 2.24. The van der Waals surface area contributed by atoms with Gasteiger partial charge in [-0.1, -0.05) is 39.0 Å². The van der Waals surface area contributed by atoms with Crippen LogP contribution < -0.4 is 19.5 Å². The lowest BCUT2D eigenvalue weighted by molar-refractivity contribution is -0.127. The van der Waals surface area contributed by atoms with Gasteiger partial charge >= 0.3 is 0 Å². The Morgan fingerprint density at radius 3 is 2.33 bits per heavy atom. The number of amides is 1. The van der Waals surface area contributed by atoms with Crippen molar-refractivity contribution in [2.75, 3.05) is 20.3 Å². The molecule has 1 N–H and O–H groups in total. The second-order valence-electron chi connectivity index (χ2n) is 7.35. The summed E-state index contributed by atoms with van der Waals surface area (Å²) in [6.07, 6.45) is -0.608. The van der Waals surface area contributed by atoms with Gasteiger partial charge in [0.1, 0.15) is 23.9 Å². The highest BCUT2D eigenvalue weighted by molar-refractivity contribution is 5.80. The van der Waals surface area contributed by atoms with Crippen molar-refractivity contribution in [2.24, 2.45) is 0 Å². The third-order valence-corrected chi connectivity index (χ3v) is 4.11. The fraction of sp³-hybridized carbons (Fsp3) is 0.409. The molecule has 146 valence electrons. The Bertz CT molecular complexity index is 735. The van der Waals surface area contributed by atoms with E-state index in [9.17, 15) is 4.79 Å². The number of carbonyl (C=O) groups excluding carboxylic acids is 1. The number of benzene rings is 2. The average molecular weight is 371 g/mol. The predicted molar refractivity (Wildman–Crippen MR) is 107 cm³/mol. The van der Waals surface area contributed by atoms with Crippen LogP contribution in [0.1, 0.15) is 33.3 Å². The van der Waals surface area contributed by atoms with Gasteiger partial charge in [0, 0.05) is 6.07 Å². The molecule has 0 aliphatic carbocycles. The van der Waals surface area contributed by atoms with E-state index in [2.05, 4.69) is 38.2 Å². The maximum Gasteiger partial charge on any atom is 0.260 e. The smallest absolute Gasteiger partial charge is 0.260 e. The number of carbonyl (C=O) groups is 1. The third kappa shape index (κ3) is 6.51. The summed E-state index contributed by atoms with van der Waals surface area (Å²) in [6.45, 7) is 9.03. The van der Waals surface area contributed by atoms with E-state index >= 15 is 0 Å². The van der Waals surface area contributed by atoms with Crippen LogP contribution in [-0.4, -0.2) is 32.3 Å². The summed E-state index contributed by atoms with van der Waals surface area (Å²) in [4.78, 5) is 12.1. The molecule has 0 radical (unpaired) electrons. The van der Waals surface area contributed by atoms with E-state index < -0.39 is 6.10 Å². The van der Waals surface area contributed by atoms with Gasteiger partial charge in [-0.25, -0.2) is 0 Å². The minimum absolute atomic E-state index is 0.116. The molecular formula is C22H29NO4. The Labute approximate surface area is 161 Å². The molecule has 0 aromatic heterocycles. The number of rotatable bonds is 8. The SMILES string of the molecule is COc1cccc(O[C@H](C)C(=O)NCCOc2ccc(C(C)(C)C)cc2)c1. The third-order valence-electron chi connectivity index (χ3n) is 4.11. The van der Waals surface area contributed by atoms with E-state index in [4.69, 9.17) is 14.2 Å². The van der Waals surface area contributed by atoms with Gasteiger partial charge in [-0.15, -0.1) is 0 Å².